The van der Waals surface area contributed by atoms with Crippen molar-refractivity contribution in [3.63, 3.8) is 0 Å². The molecule has 2 unspecified atom stereocenters. The molecule has 2 fully saturated rings. The Morgan fingerprint density at radius 3 is 2.58 bits per heavy atom. The summed E-state index contributed by atoms with van der Waals surface area (Å²) < 4.78 is 0. The first-order chi connectivity index (χ1) is 12.0. The molecule has 0 radical (unpaired) electrons. The molecule has 0 spiro atoms. The lowest BCUT2D eigenvalue weighted by atomic mass is 9.80. The predicted molar refractivity (Wildman–Crippen MR) is 105 cm³/mol. The van der Waals surface area contributed by atoms with Crippen molar-refractivity contribution in [3.05, 3.63) is 35.9 Å². The number of amides is 2. The van der Waals surface area contributed by atoms with Gasteiger partial charge in [0.15, 0.2) is 0 Å². The fourth-order valence-electron chi connectivity index (χ4n) is 4.06. The largest absolute Gasteiger partial charge is 0.355 e. The van der Waals surface area contributed by atoms with Crippen LogP contribution in [0.3, 0.4) is 0 Å². The Kier molecular flexibility index (Phi) is 7.07. The minimum absolute atomic E-state index is 0. The van der Waals surface area contributed by atoms with E-state index in [1.54, 1.807) is 4.90 Å². The van der Waals surface area contributed by atoms with Gasteiger partial charge in [0.25, 0.3) is 0 Å². The lowest BCUT2D eigenvalue weighted by molar-refractivity contribution is -0.141. The Morgan fingerprint density at radius 2 is 1.92 bits per heavy atom. The molecule has 2 N–H and O–H groups in total. The van der Waals surface area contributed by atoms with Crippen molar-refractivity contribution in [2.75, 3.05) is 26.7 Å². The van der Waals surface area contributed by atoms with E-state index < -0.39 is 0 Å². The van der Waals surface area contributed by atoms with Gasteiger partial charge in [0.2, 0.25) is 11.8 Å². The van der Waals surface area contributed by atoms with Crippen molar-refractivity contribution >= 4 is 24.2 Å². The summed E-state index contributed by atoms with van der Waals surface area (Å²) in [4.78, 5) is 26.9. The summed E-state index contributed by atoms with van der Waals surface area (Å²) in [5.74, 6) is 0.00611. The molecule has 5 nitrogen and oxygen atoms in total. The lowest BCUT2D eigenvalue weighted by Gasteiger charge is -2.39. The van der Waals surface area contributed by atoms with Crippen LogP contribution in [0.25, 0.3) is 0 Å². The number of halogens is 1. The first-order valence-corrected chi connectivity index (χ1v) is 9.29. The molecule has 144 valence electrons. The molecule has 0 saturated carbocycles. The zero-order valence-electron chi connectivity index (χ0n) is 15.7. The van der Waals surface area contributed by atoms with Gasteiger partial charge in [-0.1, -0.05) is 37.3 Å². The van der Waals surface area contributed by atoms with E-state index >= 15 is 0 Å². The molecule has 2 saturated heterocycles. The van der Waals surface area contributed by atoms with Gasteiger partial charge in [-0.2, -0.15) is 0 Å². The summed E-state index contributed by atoms with van der Waals surface area (Å²) in [7, 11) is 1.81. The quantitative estimate of drug-likeness (QED) is 0.845. The minimum Gasteiger partial charge on any atom is -0.355 e. The van der Waals surface area contributed by atoms with Gasteiger partial charge in [0.05, 0.1) is 12.0 Å². The second-order valence-corrected chi connectivity index (χ2v) is 7.78. The predicted octanol–water partition coefficient (Wildman–Crippen LogP) is 2.52. The smallest absolute Gasteiger partial charge is 0.225 e. The average molecular weight is 380 g/mol. The van der Waals surface area contributed by atoms with E-state index in [1.807, 2.05) is 37.4 Å². The second-order valence-electron chi connectivity index (χ2n) is 7.78. The lowest BCUT2D eigenvalue weighted by Crippen LogP contribution is -2.49. The van der Waals surface area contributed by atoms with Crippen LogP contribution in [0.2, 0.25) is 0 Å². The zero-order chi connectivity index (χ0) is 17.9. The van der Waals surface area contributed by atoms with Crippen LogP contribution in [0.5, 0.6) is 0 Å². The van der Waals surface area contributed by atoms with Crippen LogP contribution in [0.15, 0.2) is 30.3 Å². The Hall–Kier alpha value is -1.59. The molecular weight excluding hydrogens is 350 g/mol. The molecule has 0 bridgehead atoms. The molecule has 2 amide bonds. The van der Waals surface area contributed by atoms with Crippen LogP contribution >= 0.6 is 12.4 Å². The van der Waals surface area contributed by atoms with Crippen molar-refractivity contribution in [2.45, 2.75) is 38.6 Å². The van der Waals surface area contributed by atoms with Gasteiger partial charge in [0, 0.05) is 20.0 Å². The summed E-state index contributed by atoms with van der Waals surface area (Å²) in [5, 5.41) is 6.57. The first kappa shape index (κ1) is 20.7. The Balaban J connectivity index is 0.00000243. The minimum atomic E-state index is -0.185. The van der Waals surface area contributed by atoms with Crippen LogP contribution in [0.1, 0.15) is 44.2 Å². The fourth-order valence-corrected chi connectivity index (χ4v) is 4.06. The molecule has 2 aliphatic heterocycles. The van der Waals surface area contributed by atoms with E-state index in [9.17, 15) is 9.59 Å². The number of benzene rings is 1. The number of likely N-dealkylation sites (tertiary alicyclic amines) is 1. The maximum atomic E-state index is 13.0. The van der Waals surface area contributed by atoms with Gasteiger partial charge in [-0.25, -0.2) is 0 Å². The number of piperidine rings is 2. The number of carbonyl (C=O) groups is 2. The van der Waals surface area contributed by atoms with Gasteiger partial charge in [0.1, 0.15) is 0 Å². The van der Waals surface area contributed by atoms with Crippen molar-refractivity contribution < 1.29 is 9.59 Å². The molecular formula is C20H30ClN3O2. The number of nitrogens with one attached hydrogen (secondary N) is 2. The third-order valence-corrected chi connectivity index (χ3v) is 5.84. The van der Waals surface area contributed by atoms with E-state index in [0.29, 0.717) is 19.4 Å². The van der Waals surface area contributed by atoms with Crippen LogP contribution in [0, 0.1) is 11.3 Å². The highest BCUT2D eigenvalue weighted by Crippen LogP contribution is 2.36. The van der Waals surface area contributed by atoms with Crippen LogP contribution in [0.4, 0.5) is 0 Å². The van der Waals surface area contributed by atoms with Gasteiger partial charge >= 0.3 is 0 Å². The highest BCUT2D eigenvalue weighted by molar-refractivity contribution is 5.85. The number of hydrogen-bond donors (Lipinski definition) is 2. The molecule has 26 heavy (non-hydrogen) atoms. The molecule has 0 aliphatic carbocycles. The zero-order valence-corrected chi connectivity index (χ0v) is 16.5. The Labute approximate surface area is 162 Å². The Bertz CT molecular complexity index is 617. The van der Waals surface area contributed by atoms with Crippen molar-refractivity contribution in [2.24, 2.45) is 11.3 Å². The number of rotatable bonds is 4. The molecule has 3 rings (SSSR count). The van der Waals surface area contributed by atoms with Crippen LogP contribution in [-0.2, 0) is 9.59 Å². The van der Waals surface area contributed by atoms with Gasteiger partial charge in [-0.3, -0.25) is 9.59 Å². The average Bonchev–Trinajstić information content (AvgIpc) is 2.63. The number of hydrogen-bond acceptors (Lipinski definition) is 3. The number of nitrogens with zero attached hydrogens (tertiary/aromatic N) is 1. The van der Waals surface area contributed by atoms with E-state index in [0.717, 1.165) is 31.5 Å². The summed E-state index contributed by atoms with van der Waals surface area (Å²) in [6.45, 7) is 4.99. The van der Waals surface area contributed by atoms with E-state index in [1.165, 1.54) is 0 Å². The van der Waals surface area contributed by atoms with Crippen molar-refractivity contribution in [3.8, 4) is 0 Å². The summed E-state index contributed by atoms with van der Waals surface area (Å²) in [5.41, 5.74) is 1.20. The molecule has 0 aromatic heterocycles. The maximum absolute atomic E-state index is 13.0. The van der Waals surface area contributed by atoms with E-state index in [-0.39, 0.29) is 41.6 Å². The van der Waals surface area contributed by atoms with Crippen molar-refractivity contribution in [1.29, 1.82) is 0 Å². The normalized spacial score (nSPS) is 25.3. The van der Waals surface area contributed by atoms with Crippen molar-refractivity contribution in [1.82, 2.24) is 15.5 Å². The molecule has 1 aromatic rings. The number of carbonyl (C=O) groups excluding carboxylic acids is 2. The van der Waals surface area contributed by atoms with Crippen LogP contribution in [-0.4, -0.2) is 43.4 Å². The molecule has 2 atom stereocenters. The molecule has 2 heterocycles. The van der Waals surface area contributed by atoms with Gasteiger partial charge in [-0.15, -0.1) is 12.4 Å². The van der Waals surface area contributed by atoms with Gasteiger partial charge < -0.3 is 15.5 Å². The topological polar surface area (TPSA) is 61.4 Å². The SMILES string of the molecule is CN1C(=O)CCC(C(=O)NCC2(C)CCNCC2)C1c1ccccc1.Cl. The first-order valence-electron chi connectivity index (χ1n) is 9.29. The van der Waals surface area contributed by atoms with E-state index in [2.05, 4.69) is 17.6 Å². The standard InChI is InChI=1S/C20H29N3O2.ClH/c1-20(10-12-21-13-11-20)14-22-19(25)16-8-9-17(24)23(2)18(16)15-6-4-3-5-7-15;/h3-7,16,18,21H,8-14H2,1-2H3,(H,22,25);1H. The molecule has 6 heteroatoms. The summed E-state index contributed by atoms with van der Waals surface area (Å²) in [6, 6.07) is 9.73. The third kappa shape index (κ3) is 4.57. The monoisotopic (exact) mass is 379 g/mol. The fraction of sp³-hybridized carbons (Fsp3) is 0.600. The Morgan fingerprint density at radius 1 is 1.27 bits per heavy atom. The van der Waals surface area contributed by atoms with Gasteiger partial charge in [-0.05, 0) is 43.3 Å². The highest BCUT2D eigenvalue weighted by atomic mass is 35.5. The van der Waals surface area contributed by atoms with E-state index in [4.69, 9.17) is 0 Å². The maximum Gasteiger partial charge on any atom is 0.225 e. The summed E-state index contributed by atoms with van der Waals surface area (Å²) in [6.07, 6.45) is 3.23. The summed E-state index contributed by atoms with van der Waals surface area (Å²) >= 11 is 0. The molecule has 1 aromatic carbocycles. The second kappa shape index (κ2) is 8.87. The van der Waals surface area contributed by atoms with Crippen LogP contribution < -0.4 is 10.6 Å². The third-order valence-electron chi connectivity index (χ3n) is 5.84. The molecule has 2 aliphatic rings. The highest BCUT2D eigenvalue weighted by Gasteiger charge is 2.39.